The van der Waals surface area contributed by atoms with Crippen LogP contribution in [0.2, 0.25) is 0 Å². The van der Waals surface area contributed by atoms with Gasteiger partial charge in [0.2, 0.25) is 0 Å². The summed E-state index contributed by atoms with van der Waals surface area (Å²) in [5.41, 5.74) is 2.80. The van der Waals surface area contributed by atoms with Gasteiger partial charge in [-0.25, -0.2) is 9.59 Å². The molecule has 4 heteroatoms. The van der Waals surface area contributed by atoms with Gasteiger partial charge in [-0.05, 0) is 35.6 Å². The van der Waals surface area contributed by atoms with E-state index in [2.05, 4.69) is 13.8 Å². The second-order valence-electron chi connectivity index (χ2n) is 7.58. The van der Waals surface area contributed by atoms with Crippen LogP contribution in [-0.4, -0.2) is 25.2 Å². The molecule has 0 N–H and O–H groups in total. The van der Waals surface area contributed by atoms with Crippen LogP contribution in [0.4, 0.5) is 0 Å². The topological polar surface area (TPSA) is 52.6 Å². The van der Waals surface area contributed by atoms with Gasteiger partial charge in [0.05, 0.1) is 13.2 Å². The zero-order chi connectivity index (χ0) is 23.0. The molecule has 0 amide bonds. The van der Waals surface area contributed by atoms with Crippen molar-refractivity contribution in [1.29, 1.82) is 0 Å². The predicted molar refractivity (Wildman–Crippen MR) is 129 cm³/mol. The van der Waals surface area contributed by atoms with E-state index in [1.807, 2.05) is 60.7 Å². The van der Waals surface area contributed by atoms with E-state index in [9.17, 15) is 9.59 Å². The van der Waals surface area contributed by atoms with Crippen molar-refractivity contribution >= 4 is 17.5 Å². The number of carbonyl (C=O) groups excluding carboxylic acids is 2. The van der Waals surface area contributed by atoms with Gasteiger partial charge in [-0.2, -0.15) is 0 Å². The van der Waals surface area contributed by atoms with E-state index >= 15 is 0 Å². The third-order valence-electron chi connectivity index (χ3n) is 4.99. The van der Waals surface area contributed by atoms with E-state index in [0.29, 0.717) is 13.2 Å². The Balaban J connectivity index is 2.32. The van der Waals surface area contributed by atoms with E-state index in [1.165, 1.54) is 6.08 Å². The quantitative estimate of drug-likeness (QED) is 0.0900. The number of benzene rings is 2. The first kappa shape index (κ1) is 25.1. The van der Waals surface area contributed by atoms with Gasteiger partial charge in [-0.15, -0.1) is 0 Å². The van der Waals surface area contributed by atoms with Crippen LogP contribution in [0.25, 0.3) is 5.57 Å². The fourth-order valence-electron chi connectivity index (χ4n) is 3.17. The molecule has 0 atom stereocenters. The molecule has 2 aromatic rings. The summed E-state index contributed by atoms with van der Waals surface area (Å²) >= 11 is 0. The van der Waals surface area contributed by atoms with Gasteiger partial charge in [0, 0.05) is 0 Å². The lowest BCUT2D eigenvalue weighted by atomic mass is 9.97. The Morgan fingerprint density at radius 2 is 1.09 bits per heavy atom. The first-order valence-corrected chi connectivity index (χ1v) is 11.5. The number of ether oxygens (including phenoxy) is 2. The molecule has 0 unspecified atom stereocenters. The average Bonchev–Trinajstić information content (AvgIpc) is 2.83. The number of hydrogen-bond donors (Lipinski definition) is 0. The molecule has 0 fully saturated rings. The number of unbranched alkanes of at least 4 members (excludes halogenated alkanes) is 4. The molecular formula is C28H34O4. The molecule has 0 radical (unpaired) electrons. The second-order valence-corrected chi connectivity index (χ2v) is 7.58. The fourth-order valence-corrected chi connectivity index (χ4v) is 3.17. The Hall–Kier alpha value is -3.14. The molecule has 0 aliphatic carbocycles. The third-order valence-corrected chi connectivity index (χ3v) is 4.99. The minimum atomic E-state index is -0.640. The molecule has 2 rings (SSSR count). The normalized spacial score (nSPS) is 10.2. The number of esters is 2. The minimum Gasteiger partial charge on any atom is -0.462 e. The Kier molecular flexibility index (Phi) is 11.6. The first-order chi connectivity index (χ1) is 15.7. The summed E-state index contributed by atoms with van der Waals surface area (Å²) in [7, 11) is 0. The standard InChI is InChI=1S/C28H34O4/c1-3-5-13-21-31-27(29)26(28(30)32-22-14-6-4-2)20-19-25(23-15-9-7-10-16-23)24-17-11-8-12-18-24/h7-12,15-20H,3-6,13-14,21-22H2,1-2H3. The summed E-state index contributed by atoms with van der Waals surface area (Å²) in [6, 6.07) is 19.7. The van der Waals surface area contributed by atoms with E-state index in [4.69, 9.17) is 9.47 Å². The number of carbonyl (C=O) groups is 2. The lowest BCUT2D eigenvalue weighted by Crippen LogP contribution is -2.19. The zero-order valence-corrected chi connectivity index (χ0v) is 19.2. The Morgan fingerprint density at radius 1 is 0.656 bits per heavy atom. The predicted octanol–water partition coefficient (Wildman–Crippen LogP) is 6.51. The van der Waals surface area contributed by atoms with Crippen molar-refractivity contribution in [1.82, 2.24) is 0 Å². The fraction of sp³-hybridized carbons (Fsp3) is 0.357. The van der Waals surface area contributed by atoms with E-state index in [1.54, 1.807) is 6.08 Å². The van der Waals surface area contributed by atoms with Crippen molar-refractivity contribution in [3.8, 4) is 0 Å². The molecule has 0 bridgehead atoms. The highest BCUT2D eigenvalue weighted by Crippen LogP contribution is 2.23. The maximum absolute atomic E-state index is 12.7. The van der Waals surface area contributed by atoms with Crippen LogP contribution < -0.4 is 0 Å². The number of allylic oxidation sites excluding steroid dienone is 2. The van der Waals surface area contributed by atoms with Gasteiger partial charge in [0.25, 0.3) is 0 Å². The molecule has 170 valence electrons. The van der Waals surface area contributed by atoms with Crippen molar-refractivity contribution in [3.05, 3.63) is 89.5 Å². The average molecular weight is 435 g/mol. The van der Waals surface area contributed by atoms with Crippen LogP contribution in [-0.2, 0) is 19.1 Å². The summed E-state index contributed by atoms with van der Waals surface area (Å²) in [5, 5.41) is 0. The van der Waals surface area contributed by atoms with Gasteiger partial charge in [-0.1, -0.05) is 106 Å². The maximum atomic E-state index is 12.7. The molecular weight excluding hydrogens is 400 g/mol. The lowest BCUT2D eigenvalue weighted by molar-refractivity contribution is -0.147. The molecule has 0 heterocycles. The smallest absolute Gasteiger partial charge is 0.345 e. The van der Waals surface area contributed by atoms with Gasteiger partial charge < -0.3 is 9.47 Å². The van der Waals surface area contributed by atoms with Crippen molar-refractivity contribution in [2.75, 3.05) is 13.2 Å². The minimum absolute atomic E-state index is 0.0811. The molecule has 2 aromatic carbocycles. The van der Waals surface area contributed by atoms with Crippen molar-refractivity contribution < 1.29 is 19.1 Å². The summed E-state index contributed by atoms with van der Waals surface area (Å²) in [4.78, 5) is 25.4. The molecule has 0 aromatic heterocycles. The third kappa shape index (κ3) is 8.54. The van der Waals surface area contributed by atoms with Crippen LogP contribution in [0.1, 0.15) is 63.5 Å². The van der Waals surface area contributed by atoms with Crippen LogP contribution in [0.5, 0.6) is 0 Å². The Bertz CT molecular complexity index is 815. The highest BCUT2D eigenvalue weighted by atomic mass is 16.6. The molecule has 0 aliphatic rings. The highest BCUT2D eigenvalue weighted by Gasteiger charge is 2.21. The summed E-state index contributed by atoms with van der Waals surface area (Å²) in [5.74, 6) is -1.28. The number of rotatable bonds is 13. The van der Waals surface area contributed by atoms with Gasteiger partial charge >= 0.3 is 11.9 Å². The first-order valence-electron chi connectivity index (χ1n) is 11.5. The van der Waals surface area contributed by atoms with Gasteiger partial charge in [0.1, 0.15) is 5.57 Å². The summed E-state index contributed by atoms with van der Waals surface area (Å²) in [6.45, 7) is 4.75. The van der Waals surface area contributed by atoms with Crippen LogP contribution in [0, 0.1) is 0 Å². The molecule has 0 aliphatic heterocycles. The van der Waals surface area contributed by atoms with Crippen molar-refractivity contribution in [2.24, 2.45) is 0 Å². The highest BCUT2D eigenvalue weighted by molar-refractivity contribution is 6.14. The van der Waals surface area contributed by atoms with Crippen LogP contribution in [0.3, 0.4) is 0 Å². The van der Waals surface area contributed by atoms with E-state index in [-0.39, 0.29) is 5.57 Å². The zero-order valence-electron chi connectivity index (χ0n) is 19.2. The SMILES string of the molecule is CCCCCOC(=O)C(=CC=C(c1ccccc1)c1ccccc1)C(=O)OCCCCC. The van der Waals surface area contributed by atoms with Crippen molar-refractivity contribution in [2.45, 2.75) is 52.4 Å². The van der Waals surface area contributed by atoms with E-state index in [0.717, 1.165) is 55.2 Å². The largest absolute Gasteiger partial charge is 0.462 e. The Labute approximate surface area is 191 Å². The molecule has 0 saturated carbocycles. The van der Waals surface area contributed by atoms with Gasteiger partial charge in [0.15, 0.2) is 0 Å². The number of hydrogen-bond acceptors (Lipinski definition) is 4. The Morgan fingerprint density at radius 3 is 1.50 bits per heavy atom. The van der Waals surface area contributed by atoms with Crippen molar-refractivity contribution in [3.63, 3.8) is 0 Å². The molecule has 4 nitrogen and oxygen atoms in total. The maximum Gasteiger partial charge on any atom is 0.345 e. The second kappa shape index (κ2) is 14.8. The van der Waals surface area contributed by atoms with E-state index < -0.39 is 11.9 Å². The molecule has 32 heavy (non-hydrogen) atoms. The molecule has 0 spiro atoms. The lowest BCUT2D eigenvalue weighted by Gasteiger charge is -2.10. The summed E-state index contributed by atoms with van der Waals surface area (Å²) in [6.07, 6.45) is 8.87. The van der Waals surface area contributed by atoms with Gasteiger partial charge in [-0.3, -0.25) is 0 Å². The monoisotopic (exact) mass is 434 g/mol. The molecule has 0 saturated heterocycles. The van der Waals surface area contributed by atoms with Crippen LogP contribution in [0.15, 0.2) is 78.4 Å². The van der Waals surface area contributed by atoms with Crippen LogP contribution >= 0.6 is 0 Å². The summed E-state index contributed by atoms with van der Waals surface area (Å²) < 4.78 is 10.7.